The molecule has 1 saturated heterocycles. The summed E-state index contributed by atoms with van der Waals surface area (Å²) in [5.74, 6) is 1.59. The molecule has 0 bridgehead atoms. The summed E-state index contributed by atoms with van der Waals surface area (Å²) in [7, 11) is 0. The number of hydrogen-bond acceptors (Lipinski definition) is 4. The quantitative estimate of drug-likeness (QED) is 0.883. The van der Waals surface area contributed by atoms with Crippen LogP contribution in [-0.2, 0) is 9.53 Å². The van der Waals surface area contributed by atoms with Crippen LogP contribution in [0.25, 0.3) is 0 Å². The largest absolute Gasteiger partial charge is 0.457 e. The van der Waals surface area contributed by atoms with Crippen molar-refractivity contribution >= 4 is 18.3 Å². The van der Waals surface area contributed by atoms with Crippen molar-refractivity contribution in [3.05, 3.63) is 59.7 Å². The first kappa shape index (κ1) is 17.7. The number of halogens is 1. The van der Waals surface area contributed by atoms with Crippen molar-refractivity contribution in [1.82, 2.24) is 10.6 Å². The Morgan fingerprint density at radius 1 is 1.08 bits per heavy atom. The van der Waals surface area contributed by atoms with Crippen LogP contribution in [0.4, 0.5) is 0 Å². The summed E-state index contributed by atoms with van der Waals surface area (Å²) in [4.78, 5) is 12.6. The Hall–Kier alpha value is -2.08. The number of carbonyl (C=O) groups is 1. The number of rotatable bonds is 3. The van der Waals surface area contributed by atoms with Crippen molar-refractivity contribution in [2.24, 2.45) is 0 Å². The van der Waals surface area contributed by atoms with E-state index in [-0.39, 0.29) is 30.4 Å². The molecule has 1 atom stereocenters. The van der Waals surface area contributed by atoms with Crippen LogP contribution in [0, 0.1) is 0 Å². The van der Waals surface area contributed by atoms with E-state index >= 15 is 0 Å². The van der Waals surface area contributed by atoms with E-state index < -0.39 is 0 Å². The van der Waals surface area contributed by atoms with Crippen molar-refractivity contribution in [2.45, 2.75) is 18.5 Å². The Morgan fingerprint density at radius 2 is 1.72 bits per heavy atom. The van der Waals surface area contributed by atoms with E-state index in [4.69, 9.17) is 9.47 Å². The third-order valence-corrected chi connectivity index (χ3v) is 4.42. The summed E-state index contributed by atoms with van der Waals surface area (Å²) < 4.78 is 11.4. The molecule has 1 unspecified atom stereocenters. The van der Waals surface area contributed by atoms with E-state index in [9.17, 15) is 4.79 Å². The SMILES string of the molecule is Cl.O=C(CC1COCCN1)NC1c2ccccc2Oc2ccccc21. The van der Waals surface area contributed by atoms with Gasteiger partial charge >= 0.3 is 0 Å². The maximum Gasteiger partial charge on any atom is 0.222 e. The summed E-state index contributed by atoms with van der Waals surface area (Å²) in [5, 5.41) is 6.48. The van der Waals surface area contributed by atoms with Crippen LogP contribution in [0.2, 0.25) is 0 Å². The molecule has 2 aromatic rings. The van der Waals surface area contributed by atoms with Crippen LogP contribution in [0.1, 0.15) is 23.6 Å². The molecule has 0 aliphatic carbocycles. The third-order valence-electron chi connectivity index (χ3n) is 4.42. The summed E-state index contributed by atoms with van der Waals surface area (Å²) in [6.45, 7) is 2.08. The van der Waals surface area contributed by atoms with Gasteiger partial charge in [-0.2, -0.15) is 0 Å². The molecule has 1 amide bonds. The lowest BCUT2D eigenvalue weighted by Crippen LogP contribution is -2.44. The van der Waals surface area contributed by atoms with Crippen LogP contribution in [-0.4, -0.2) is 31.7 Å². The molecule has 1 fully saturated rings. The molecule has 0 aromatic heterocycles. The van der Waals surface area contributed by atoms with Gasteiger partial charge in [-0.15, -0.1) is 12.4 Å². The molecule has 2 heterocycles. The summed E-state index contributed by atoms with van der Waals surface area (Å²) in [5.41, 5.74) is 1.97. The molecule has 0 saturated carbocycles. The molecule has 25 heavy (non-hydrogen) atoms. The predicted octanol–water partition coefficient (Wildman–Crippen LogP) is 2.80. The van der Waals surface area contributed by atoms with E-state index in [0.29, 0.717) is 19.6 Å². The molecule has 2 N–H and O–H groups in total. The van der Waals surface area contributed by atoms with Crippen molar-refractivity contribution in [3.63, 3.8) is 0 Å². The third kappa shape index (κ3) is 3.79. The lowest BCUT2D eigenvalue weighted by Gasteiger charge is -2.30. The molecular weight excluding hydrogens is 340 g/mol. The summed E-state index contributed by atoms with van der Waals surface area (Å²) in [6, 6.07) is 15.5. The van der Waals surface area contributed by atoms with Gasteiger partial charge in [-0.25, -0.2) is 0 Å². The van der Waals surface area contributed by atoms with Gasteiger partial charge in [0.2, 0.25) is 5.91 Å². The first-order chi connectivity index (χ1) is 11.8. The number of nitrogens with one attached hydrogen (secondary N) is 2. The van der Waals surface area contributed by atoms with Gasteiger partial charge in [0, 0.05) is 30.1 Å². The molecule has 6 heteroatoms. The summed E-state index contributed by atoms with van der Waals surface area (Å²) >= 11 is 0. The Morgan fingerprint density at radius 3 is 2.32 bits per heavy atom. The Labute approximate surface area is 153 Å². The van der Waals surface area contributed by atoms with Gasteiger partial charge in [0.25, 0.3) is 0 Å². The van der Waals surface area contributed by atoms with Gasteiger partial charge in [-0.3, -0.25) is 4.79 Å². The maximum atomic E-state index is 12.6. The smallest absolute Gasteiger partial charge is 0.222 e. The lowest BCUT2D eigenvalue weighted by atomic mass is 9.94. The minimum Gasteiger partial charge on any atom is -0.457 e. The fourth-order valence-electron chi connectivity index (χ4n) is 3.26. The number of morpholine rings is 1. The number of benzene rings is 2. The zero-order valence-electron chi connectivity index (χ0n) is 13.7. The van der Waals surface area contributed by atoms with Gasteiger partial charge in [0.15, 0.2) is 0 Å². The van der Waals surface area contributed by atoms with Crippen molar-refractivity contribution in [3.8, 4) is 11.5 Å². The van der Waals surface area contributed by atoms with Gasteiger partial charge in [-0.05, 0) is 12.1 Å². The molecule has 0 spiro atoms. The Kier molecular flexibility index (Phi) is 5.58. The fourth-order valence-corrected chi connectivity index (χ4v) is 3.26. The molecule has 4 rings (SSSR count). The van der Waals surface area contributed by atoms with Crippen LogP contribution in [0.15, 0.2) is 48.5 Å². The van der Waals surface area contributed by atoms with E-state index in [0.717, 1.165) is 29.2 Å². The van der Waals surface area contributed by atoms with Crippen molar-refractivity contribution < 1.29 is 14.3 Å². The Bertz CT molecular complexity index is 701. The number of fused-ring (bicyclic) bond motifs is 2. The molecule has 0 radical (unpaired) electrons. The highest BCUT2D eigenvalue weighted by atomic mass is 35.5. The average molecular weight is 361 g/mol. The second-order valence-electron chi connectivity index (χ2n) is 6.11. The van der Waals surface area contributed by atoms with Crippen molar-refractivity contribution in [1.29, 1.82) is 0 Å². The Balaban J connectivity index is 0.00000182. The number of carbonyl (C=O) groups excluding carboxylic acids is 1. The van der Waals surface area contributed by atoms with Gasteiger partial charge in [-0.1, -0.05) is 36.4 Å². The number of hydrogen-bond donors (Lipinski definition) is 2. The van der Waals surface area contributed by atoms with E-state index in [1.54, 1.807) is 0 Å². The van der Waals surface area contributed by atoms with Crippen molar-refractivity contribution in [2.75, 3.05) is 19.8 Å². The van der Waals surface area contributed by atoms with Gasteiger partial charge < -0.3 is 20.1 Å². The number of ether oxygens (including phenoxy) is 2. The van der Waals surface area contributed by atoms with E-state index in [2.05, 4.69) is 10.6 Å². The summed E-state index contributed by atoms with van der Waals surface area (Å²) in [6.07, 6.45) is 0.404. The first-order valence-corrected chi connectivity index (χ1v) is 8.27. The van der Waals surface area contributed by atoms with Crippen LogP contribution < -0.4 is 15.4 Å². The zero-order valence-corrected chi connectivity index (χ0v) is 14.6. The monoisotopic (exact) mass is 360 g/mol. The first-order valence-electron chi connectivity index (χ1n) is 8.27. The van der Waals surface area contributed by atoms with Crippen LogP contribution in [0.3, 0.4) is 0 Å². The second-order valence-corrected chi connectivity index (χ2v) is 6.11. The fraction of sp³-hybridized carbons (Fsp3) is 0.316. The second kappa shape index (κ2) is 7.87. The standard InChI is InChI=1S/C19H20N2O3.ClH/c22-18(11-13-12-23-10-9-20-13)21-19-14-5-1-3-7-16(14)24-17-8-4-2-6-15(17)19;/h1-8,13,19-20H,9-12H2,(H,21,22);1H. The molecule has 2 aliphatic rings. The van der Waals surface area contributed by atoms with Gasteiger partial charge in [0.1, 0.15) is 11.5 Å². The number of amides is 1. The molecule has 2 aliphatic heterocycles. The van der Waals surface area contributed by atoms with E-state index in [1.807, 2.05) is 48.5 Å². The van der Waals surface area contributed by atoms with Crippen LogP contribution in [0.5, 0.6) is 11.5 Å². The number of para-hydroxylation sites is 2. The highest BCUT2D eigenvalue weighted by molar-refractivity contribution is 5.85. The molecule has 2 aromatic carbocycles. The minimum absolute atomic E-state index is 0. The maximum absolute atomic E-state index is 12.6. The molecular formula is C19H21ClN2O3. The molecule has 132 valence electrons. The van der Waals surface area contributed by atoms with Crippen LogP contribution >= 0.6 is 12.4 Å². The highest BCUT2D eigenvalue weighted by Gasteiger charge is 2.28. The average Bonchev–Trinajstić information content (AvgIpc) is 2.62. The normalized spacial score (nSPS) is 19.0. The van der Waals surface area contributed by atoms with E-state index in [1.165, 1.54) is 0 Å². The topological polar surface area (TPSA) is 59.6 Å². The zero-order chi connectivity index (χ0) is 16.4. The predicted molar refractivity (Wildman–Crippen MR) is 97.4 cm³/mol. The van der Waals surface area contributed by atoms with Gasteiger partial charge in [0.05, 0.1) is 19.3 Å². The highest BCUT2D eigenvalue weighted by Crippen LogP contribution is 2.42. The minimum atomic E-state index is -0.192. The molecule has 5 nitrogen and oxygen atoms in total. The lowest BCUT2D eigenvalue weighted by molar-refractivity contribution is -0.122.